The zero-order valence-corrected chi connectivity index (χ0v) is 6.52. The Balaban J connectivity index is 2.86. The Morgan fingerprint density at radius 1 is 1.73 bits per heavy atom. The van der Waals surface area contributed by atoms with Crippen molar-refractivity contribution in [2.24, 2.45) is 0 Å². The summed E-state index contributed by atoms with van der Waals surface area (Å²) >= 11 is 0. The van der Waals surface area contributed by atoms with E-state index in [-0.39, 0.29) is 5.82 Å². The average molecular weight is 149 g/mol. The molecule has 0 spiro atoms. The van der Waals surface area contributed by atoms with Gasteiger partial charge in [0.25, 0.3) is 0 Å². The van der Waals surface area contributed by atoms with Crippen LogP contribution in [0.5, 0.6) is 0 Å². The molecule has 0 atom stereocenters. The Morgan fingerprint density at radius 2 is 2.45 bits per heavy atom. The molecule has 1 radical (unpaired) electrons. The van der Waals surface area contributed by atoms with Gasteiger partial charge >= 0.3 is 0 Å². The molecule has 1 heteroatoms. The first-order valence-electron chi connectivity index (χ1n) is 3.49. The summed E-state index contributed by atoms with van der Waals surface area (Å²) in [5.74, 6) is -0.268. The molecule has 0 unspecified atom stereocenters. The summed E-state index contributed by atoms with van der Waals surface area (Å²) in [6.07, 6.45) is 0.600. The molecule has 0 aliphatic rings. The summed E-state index contributed by atoms with van der Waals surface area (Å²) in [6.45, 7) is 5.59. The van der Waals surface area contributed by atoms with Gasteiger partial charge in [0.2, 0.25) is 0 Å². The van der Waals surface area contributed by atoms with Crippen LogP contribution in [-0.4, -0.2) is 0 Å². The molecule has 1 aromatic carbocycles. The second-order valence-corrected chi connectivity index (χ2v) is 2.64. The standard InChI is InChI=1S/C10H10F/c1-8(2)7-9-5-3-4-6-10(9)11/h3-5H,1,7H2,2H3. The van der Waals surface area contributed by atoms with Crippen molar-refractivity contribution in [2.45, 2.75) is 13.3 Å². The summed E-state index contributed by atoms with van der Waals surface area (Å²) in [5, 5.41) is 0. The number of benzene rings is 1. The zero-order valence-electron chi connectivity index (χ0n) is 6.52. The predicted octanol–water partition coefficient (Wildman–Crippen LogP) is 2.74. The number of hydrogen-bond acceptors (Lipinski definition) is 0. The predicted molar refractivity (Wildman–Crippen MR) is 43.8 cm³/mol. The molecule has 0 N–H and O–H groups in total. The van der Waals surface area contributed by atoms with Gasteiger partial charge in [-0.15, -0.1) is 0 Å². The van der Waals surface area contributed by atoms with Crippen molar-refractivity contribution in [2.75, 3.05) is 0 Å². The molecule has 1 aromatic rings. The van der Waals surface area contributed by atoms with E-state index in [1.54, 1.807) is 18.2 Å². The Kier molecular flexibility index (Phi) is 2.42. The molecule has 1 rings (SSSR count). The summed E-state index contributed by atoms with van der Waals surface area (Å²) in [7, 11) is 0. The molecule has 11 heavy (non-hydrogen) atoms. The second-order valence-electron chi connectivity index (χ2n) is 2.64. The van der Waals surface area contributed by atoms with Gasteiger partial charge in [0.15, 0.2) is 0 Å². The van der Waals surface area contributed by atoms with Crippen LogP contribution >= 0.6 is 0 Å². The lowest BCUT2D eigenvalue weighted by Crippen LogP contribution is -1.89. The third-order valence-corrected chi connectivity index (χ3v) is 1.38. The van der Waals surface area contributed by atoms with Crippen molar-refractivity contribution >= 4 is 0 Å². The minimum Gasteiger partial charge on any atom is -0.206 e. The molecule has 0 saturated carbocycles. The second kappa shape index (κ2) is 3.33. The maximum Gasteiger partial charge on any atom is 0.134 e. The van der Waals surface area contributed by atoms with Crippen LogP contribution in [0.15, 0.2) is 30.4 Å². The Morgan fingerprint density at radius 3 is 3.00 bits per heavy atom. The molecular weight excluding hydrogens is 139 g/mol. The highest BCUT2D eigenvalue weighted by Gasteiger charge is 1.99. The van der Waals surface area contributed by atoms with Crippen LogP contribution in [0.1, 0.15) is 12.5 Å². The normalized spacial score (nSPS) is 9.64. The van der Waals surface area contributed by atoms with Gasteiger partial charge in [-0.2, -0.15) is 0 Å². The average Bonchev–Trinajstić information content (AvgIpc) is 1.93. The fraction of sp³-hybridized carbons (Fsp3) is 0.200. The Bertz CT molecular complexity index is 263. The quantitative estimate of drug-likeness (QED) is 0.567. The summed E-state index contributed by atoms with van der Waals surface area (Å²) in [6, 6.07) is 7.59. The molecule has 0 fully saturated rings. The van der Waals surface area contributed by atoms with Crippen molar-refractivity contribution in [3.63, 3.8) is 0 Å². The zero-order chi connectivity index (χ0) is 8.27. The number of allylic oxidation sites excluding steroid dienone is 1. The molecule has 0 aromatic heterocycles. The van der Waals surface area contributed by atoms with E-state index < -0.39 is 0 Å². The van der Waals surface area contributed by atoms with Gasteiger partial charge in [-0.1, -0.05) is 30.4 Å². The molecular formula is C10H10F. The third kappa shape index (κ3) is 2.19. The maximum absolute atomic E-state index is 12.9. The highest BCUT2D eigenvalue weighted by Crippen LogP contribution is 2.09. The van der Waals surface area contributed by atoms with Crippen LogP contribution in [0.3, 0.4) is 0 Å². The van der Waals surface area contributed by atoms with E-state index in [2.05, 4.69) is 12.6 Å². The van der Waals surface area contributed by atoms with E-state index in [0.717, 1.165) is 5.57 Å². The number of rotatable bonds is 2. The van der Waals surface area contributed by atoms with Gasteiger partial charge in [-0.3, -0.25) is 0 Å². The Labute approximate surface area is 66.4 Å². The molecule has 0 heterocycles. The molecule has 0 aliphatic carbocycles. The molecule has 57 valence electrons. The highest BCUT2D eigenvalue weighted by atomic mass is 19.1. The van der Waals surface area contributed by atoms with Crippen LogP contribution in [0.4, 0.5) is 4.39 Å². The van der Waals surface area contributed by atoms with Crippen LogP contribution < -0.4 is 0 Å². The lowest BCUT2D eigenvalue weighted by molar-refractivity contribution is 0.611. The largest absolute Gasteiger partial charge is 0.206 e. The van der Waals surface area contributed by atoms with Crippen LogP contribution in [0.2, 0.25) is 0 Å². The SMILES string of the molecule is C=C(C)Cc1ccc[c]c1F. The number of hydrogen-bond donors (Lipinski definition) is 0. The lowest BCUT2D eigenvalue weighted by atomic mass is 10.1. The molecule has 0 aliphatic heterocycles. The minimum atomic E-state index is -0.268. The first-order chi connectivity index (χ1) is 5.20. The van der Waals surface area contributed by atoms with Gasteiger partial charge in [0, 0.05) is 6.07 Å². The van der Waals surface area contributed by atoms with Crippen molar-refractivity contribution in [1.29, 1.82) is 0 Å². The monoisotopic (exact) mass is 149 g/mol. The van der Waals surface area contributed by atoms with Gasteiger partial charge in [0.05, 0.1) is 0 Å². The van der Waals surface area contributed by atoms with Crippen molar-refractivity contribution in [3.05, 3.63) is 47.8 Å². The van der Waals surface area contributed by atoms with Gasteiger partial charge in [-0.25, -0.2) is 4.39 Å². The van der Waals surface area contributed by atoms with E-state index in [9.17, 15) is 4.39 Å². The fourth-order valence-electron chi connectivity index (χ4n) is 0.913. The summed E-state index contributed by atoms with van der Waals surface area (Å²) in [5.41, 5.74) is 1.63. The van der Waals surface area contributed by atoms with Gasteiger partial charge in [-0.05, 0) is 18.9 Å². The Hall–Kier alpha value is -1.11. The van der Waals surface area contributed by atoms with Gasteiger partial charge in [0.1, 0.15) is 5.82 Å². The summed E-state index contributed by atoms with van der Waals surface area (Å²) < 4.78 is 12.9. The van der Waals surface area contributed by atoms with Gasteiger partial charge < -0.3 is 0 Å². The topological polar surface area (TPSA) is 0 Å². The maximum atomic E-state index is 12.9. The molecule has 0 amide bonds. The van der Waals surface area contributed by atoms with Crippen molar-refractivity contribution in [1.82, 2.24) is 0 Å². The van der Waals surface area contributed by atoms with E-state index in [1.165, 1.54) is 0 Å². The smallest absolute Gasteiger partial charge is 0.134 e. The van der Waals surface area contributed by atoms with E-state index in [0.29, 0.717) is 12.0 Å². The highest BCUT2D eigenvalue weighted by molar-refractivity contribution is 5.20. The van der Waals surface area contributed by atoms with E-state index in [4.69, 9.17) is 0 Å². The van der Waals surface area contributed by atoms with E-state index in [1.807, 2.05) is 6.92 Å². The summed E-state index contributed by atoms with van der Waals surface area (Å²) in [4.78, 5) is 0. The lowest BCUT2D eigenvalue weighted by Gasteiger charge is -2.00. The fourth-order valence-corrected chi connectivity index (χ4v) is 0.913. The van der Waals surface area contributed by atoms with Crippen LogP contribution in [0.25, 0.3) is 0 Å². The minimum absolute atomic E-state index is 0.268. The molecule has 0 bridgehead atoms. The molecule has 0 nitrogen and oxygen atoms in total. The van der Waals surface area contributed by atoms with Crippen molar-refractivity contribution in [3.8, 4) is 0 Å². The van der Waals surface area contributed by atoms with E-state index >= 15 is 0 Å². The first-order valence-corrected chi connectivity index (χ1v) is 3.49. The molecule has 0 saturated heterocycles. The van der Waals surface area contributed by atoms with Crippen molar-refractivity contribution < 1.29 is 4.39 Å². The third-order valence-electron chi connectivity index (χ3n) is 1.38. The first kappa shape index (κ1) is 7.99. The van der Waals surface area contributed by atoms with Crippen LogP contribution in [0, 0.1) is 11.9 Å². The number of halogens is 1. The van der Waals surface area contributed by atoms with Crippen LogP contribution in [-0.2, 0) is 6.42 Å².